The zero-order valence-electron chi connectivity index (χ0n) is 14.7. The van der Waals surface area contributed by atoms with Gasteiger partial charge in [-0.25, -0.2) is 9.78 Å². The number of urea groups is 1. The number of amides is 3. The number of primary amides is 1. The number of carbonyl (C=O) groups excluding carboxylic acids is 2. The van der Waals surface area contributed by atoms with Crippen molar-refractivity contribution in [3.05, 3.63) is 42.5 Å². The molecule has 3 amide bonds. The Labute approximate surface area is 151 Å². The molecule has 0 radical (unpaired) electrons. The standard InChI is InChI=1S/C18H23N5O3/c1-26-15-6-4-14(5-7-15)21-18(25)23-9-2-3-13(11-23)17-20-8-10-22(17)12-16(19)24/h4-8,10,13H,2-3,9,11-12H2,1H3,(H2,19,24)(H,21,25). The average Bonchev–Trinajstić information content (AvgIpc) is 3.10. The molecule has 1 aromatic heterocycles. The number of likely N-dealkylation sites (tertiary alicyclic amines) is 1. The molecule has 26 heavy (non-hydrogen) atoms. The molecule has 2 heterocycles. The summed E-state index contributed by atoms with van der Waals surface area (Å²) < 4.78 is 6.88. The number of hydrogen-bond acceptors (Lipinski definition) is 4. The number of rotatable bonds is 5. The molecule has 138 valence electrons. The number of imidazole rings is 1. The second-order valence-electron chi connectivity index (χ2n) is 6.32. The fraction of sp³-hybridized carbons (Fsp3) is 0.389. The van der Waals surface area contributed by atoms with Crippen LogP contribution in [0.2, 0.25) is 0 Å². The number of ether oxygens (including phenoxy) is 1. The van der Waals surface area contributed by atoms with Crippen LogP contribution in [-0.2, 0) is 11.3 Å². The molecule has 1 aliphatic rings. The Bertz CT molecular complexity index is 771. The molecule has 0 spiro atoms. The molecule has 1 fully saturated rings. The van der Waals surface area contributed by atoms with Crippen molar-refractivity contribution in [1.29, 1.82) is 0 Å². The maximum Gasteiger partial charge on any atom is 0.321 e. The number of piperidine rings is 1. The van der Waals surface area contributed by atoms with E-state index in [1.54, 1.807) is 53.2 Å². The normalized spacial score (nSPS) is 17.0. The molecule has 2 aromatic rings. The second kappa shape index (κ2) is 7.90. The van der Waals surface area contributed by atoms with E-state index in [1.807, 2.05) is 0 Å². The molecule has 8 heteroatoms. The zero-order valence-corrected chi connectivity index (χ0v) is 14.7. The number of hydrogen-bond donors (Lipinski definition) is 2. The summed E-state index contributed by atoms with van der Waals surface area (Å²) in [5.74, 6) is 1.21. The topological polar surface area (TPSA) is 102 Å². The third kappa shape index (κ3) is 4.14. The molecule has 1 atom stereocenters. The van der Waals surface area contributed by atoms with Crippen molar-refractivity contribution in [1.82, 2.24) is 14.5 Å². The van der Waals surface area contributed by atoms with Crippen molar-refractivity contribution in [2.24, 2.45) is 5.73 Å². The average molecular weight is 357 g/mol. The van der Waals surface area contributed by atoms with E-state index in [4.69, 9.17) is 10.5 Å². The Balaban J connectivity index is 1.65. The summed E-state index contributed by atoms with van der Waals surface area (Å²) in [6, 6.07) is 7.06. The van der Waals surface area contributed by atoms with E-state index in [1.165, 1.54) is 0 Å². The van der Waals surface area contributed by atoms with E-state index in [0.717, 1.165) is 24.4 Å². The number of nitrogens with zero attached hydrogens (tertiary/aromatic N) is 3. The highest BCUT2D eigenvalue weighted by Crippen LogP contribution is 2.26. The summed E-state index contributed by atoms with van der Waals surface area (Å²) in [7, 11) is 1.60. The van der Waals surface area contributed by atoms with Crippen molar-refractivity contribution in [3.63, 3.8) is 0 Å². The number of benzene rings is 1. The van der Waals surface area contributed by atoms with Gasteiger partial charge in [0, 0.05) is 37.1 Å². The van der Waals surface area contributed by atoms with Gasteiger partial charge in [-0.2, -0.15) is 0 Å². The second-order valence-corrected chi connectivity index (χ2v) is 6.32. The lowest BCUT2D eigenvalue weighted by molar-refractivity contribution is -0.118. The number of aromatic nitrogens is 2. The van der Waals surface area contributed by atoms with Crippen molar-refractivity contribution >= 4 is 17.6 Å². The monoisotopic (exact) mass is 357 g/mol. The van der Waals surface area contributed by atoms with Crippen LogP contribution >= 0.6 is 0 Å². The molecule has 1 aliphatic heterocycles. The number of nitrogens with two attached hydrogens (primary N) is 1. The molecule has 3 N–H and O–H groups in total. The van der Waals surface area contributed by atoms with E-state index in [0.29, 0.717) is 18.8 Å². The van der Waals surface area contributed by atoms with Gasteiger partial charge in [-0.15, -0.1) is 0 Å². The lowest BCUT2D eigenvalue weighted by atomic mass is 9.97. The van der Waals surface area contributed by atoms with Crippen molar-refractivity contribution in [2.75, 3.05) is 25.5 Å². The minimum atomic E-state index is -0.408. The third-order valence-corrected chi connectivity index (χ3v) is 4.49. The van der Waals surface area contributed by atoms with E-state index in [2.05, 4.69) is 10.3 Å². The quantitative estimate of drug-likeness (QED) is 0.851. The van der Waals surface area contributed by atoms with Crippen molar-refractivity contribution < 1.29 is 14.3 Å². The van der Waals surface area contributed by atoms with Crippen LogP contribution < -0.4 is 15.8 Å². The minimum absolute atomic E-state index is 0.0831. The fourth-order valence-electron chi connectivity index (χ4n) is 3.23. The molecule has 1 unspecified atom stereocenters. The summed E-state index contributed by atoms with van der Waals surface area (Å²) in [5.41, 5.74) is 6.01. The summed E-state index contributed by atoms with van der Waals surface area (Å²) in [4.78, 5) is 29.9. The Hall–Kier alpha value is -3.03. The number of methoxy groups -OCH3 is 1. The first kappa shape index (κ1) is 17.8. The first-order valence-electron chi connectivity index (χ1n) is 8.56. The Morgan fingerprint density at radius 1 is 1.35 bits per heavy atom. The highest BCUT2D eigenvalue weighted by molar-refractivity contribution is 5.89. The fourth-order valence-corrected chi connectivity index (χ4v) is 3.23. The smallest absolute Gasteiger partial charge is 0.321 e. The van der Waals surface area contributed by atoms with E-state index >= 15 is 0 Å². The summed E-state index contributed by atoms with van der Waals surface area (Å²) >= 11 is 0. The van der Waals surface area contributed by atoms with Crippen molar-refractivity contribution in [2.45, 2.75) is 25.3 Å². The Kier molecular flexibility index (Phi) is 5.40. The van der Waals surface area contributed by atoms with Crippen LogP contribution in [0, 0.1) is 0 Å². The molecule has 0 saturated carbocycles. The predicted octanol–water partition coefficient (Wildman–Crippen LogP) is 1.79. The van der Waals surface area contributed by atoms with Gasteiger partial charge in [0.25, 0.3) is 0 Å². The van der Waals surface area contributed by atoms with Crippen LogP contribution in [0.15, 0.2) is 36.7 Å². The minimum Gasteiger partial charge on any atom is -0.497 e. The van der Waals surface area contributed by atoms with Gasteiger partial charge in [-0.3, -0.25) is 4.79 Å². The van der Waals surface area contributed by atoms with Gasteiger partial charge >= 0.3 is 6.03 Å². The lowest BCUT2D eigenvalue weighted by Gasteiger charge is -2.32. The van der Waals surface area contributed by atoms with Crippen molar-refractivity contribution in [3.8, 4) is 5.75 Å². The Morgan fingerprint density at radius 2 is 2.12 bits per heavy atom. The summed E-state index contributed by atoms with van der Waals surface area (Å²) in [6.07, 6.45) is 5.21. The highest BCUT2D eigenvalue weighted by Gasteiger charge is 2.27. The van der Waals surface area contributed by atoms with Gasteiger partial charge in [-0.05, 0) is 37.1 Å². The largest absolute Gasteiger partial charge is 0.497 e. The van der Waals surface area contributed by atoms with Crippen LogP contribution in [0.4, 0.5) is 10.5 Å². The third-order valence-electron chi connectivity index (χ3n) is 4.49. The van der Waals surface area contributed by atoms with Gasteiger partial charge < -0.3 is 25.3 Å². The van der Waals surface area contributed by atoms with Crippen LogP contribution in [0.25, 0.3) is 0 Å². The molecular formula is C18H23N5O3. The highest BCUT2D eigenvalue weighted by atomic mass is 16.5. The van der Waals surface area contributed by atoms with Gasteiger partial charge in [-0.1, -0.05) is 0 Å². The first-order valence-corrected chi connectivity index (χ1v) is 8.56. The van der Waals surface area contributed by atoms with Gasteiger partial charge in [0.1, 0.15) is 18.1 Å². The van der Waals surface area contributed by atoms with Gasteiger partial charge in [0.15, 0.2) is 0 Å². The van der Waals surface area contributed by atoms with E-state index in [-0.39, 0.29) is 18.5 Å². The van der Waals surface area contributed by atoms with E-state index in [9.17, 15) is 9.59 Å². The molecule has 1 saturated heterocycles. The van der Waals surface area contributed by atoms with Crippen LogP contribution in [-0.4, -0.2) is 46.6 Å². The maximum absolute atomic E-state index is 12.6. The SMILES string of the molecule is COc1ccc(NC(=O)N2CCCC(c3nccn3CC(N)=O)C2)cc1. The summed E-state index contributed by atoms with van der Waals surface area (Å²) in [5, 5.41) is 2.91. The number of nitrogens with one attached hydrogen (secondary N) is 1. The molecule has 3 rings (SSSR count). The zero-order chi connectivity index (χ0) is 18.5. The molecule has 0 bridgehead atoms. The summed E-state index contributed by atoms with van der Waals surface area (Å²) in [6.45, 7) is 1.34. The van der Waals surface area contributed by atoms with Gasteiger partial charge in [0.05, 0.1) is 7.11 Å². The van der Waals surface area contributed by atoms with E-state index < -0.39 is 5.91 Å². The van der Waals surface area contributed by atoms with Crippen LogP contribution in [0.3, 0.4) is 0 Å². The molecular weight excluding hydrogens is 334 g/mol. The molecule has 0 aliphatic carbocycles. The number of carbonyl (C=O) groups is 2. The number of anilines is 1. The lowest BCUT2D eigenvalue weighted by Crippen LogP contribution is -2.42. The van der Waals surface area contributed by atoms with Gasteiger partial charge in [0.2, 0.25) is 5.91 Å². The Morgan fingerprint density at radius 3 is 2.81 bits per heavy atom. The molecule has 8 nitrogen and oxygen atoms in total. The first-order chi connectivity index (χ1) is 12.6. The molecule has 1 aromatic carbocycles. The predicted molar refractivity (Wildman–Crippen MR) is 97.0 cm³/mol. The maximum atomic E-state index is 12.6. The van der Waals surface area contributed by atoms with Crippen LogP contribution in [0.5, 0.6) is 5.75 Å². The van der Waals surface area contributed by atoms with Crippen LogP contribution in [0.1, 0.15) is 24.6 Å².